The van der Waals surface area contributed by atoms with E-state index in [0.717, 1.165) is 25.7 Å². The SMILES string of the molecule is NC1CCC(C(=O)Nc2cccc(OCC(=O)O)c2)CC1. The van der Waals surface area contributed by atoms with Gasteiger partial charge in [-0.2, -0.15) is 0 Å². The third kappa shape index (κ3) is 4.75. The molecule has 1 amide bonds. The fourth-order valence-electron chi connectivity index (χ4n) is 2.43. The molecule has 0 aliphatic heterocycles. The van der Waals surface area contributed by atoms with Crippen molar-refractivity contribution in [1.82, 2.24) is 0 Å². The molecule has 1 fully saturated rings. The Morgan fingerprint density at radius 3 is 2.67 bits per heavy atom. The molecule has 6 heteroatoms. The number of carboxylic acids is 1. The molecule has 0 heterocycles. The van der Waals surface area contributed by atoms with Crippen molar-refractivity contribution in [2.45, 2.75) is 31.7 Å². The van der Waals surface area contributed by atoms with E-state index in [1.807, 2.05) is 0 Å². The van der Waals surface area contributed by atoms with Gasteiger partial charge in [-0.15, -0.1) is 0 Å². The molecule has 0 atom stereocenters. The number of carboxylic acid groups (broad SMARTS) is 1. The van der Waals surface area contributed by atoms with Crippen molar-refractivity contribution in [1.29, 1.82) is 0 Å². The van der Waals surface area contributed by atoms with Gasteiger partial charge >= 0.3 is 5.97 Å². The number of anilines is 1. The first-order chi connectivity index (χ1) is 10.0. The van der Waals surface area contributed by atoms with Crippen molar-refractivity contribution in [2.75, 3.05) is 11.9 Å². The minimum absolute atomic E-state index is 0.00612. The first-order valence-corrected chi connectivity index (χ1v) is 7.05. The van der Waals surface area contributed by atoms with E-state index in [1.54, 1.807) is 24.3 Å². The summed E-state index contributed by atoms with van der Waals surface area (Å²) in [7, 11) is 0. The summed E-state index contributed by atoms with van der Waals surface area (Å²) >= 11 is 0. The molecule has 1 aromatic rings. The topological polar surface area (TPSA) is 102 Å². The molecule has 2 rings (SSSR count). The first-order valence-electron chi connectivity index (χ1n) is 7.05. The van der Waals surface area contributed by atoms with Crippen LogP contribution >= 0.6 is 0 Å². The lowest BCUT2D eigenvalue weighted by molar-refractivity contribution is -0.139. The molecule has 1 aliphatic rings. The molecule has 0 bridgehead atoms. The molecule has 21 heavy (non-hydrogen) atoms. The highest BCUT2D eigenvalue weighted by Gasteiger charge is 2.24. The maximum atomic E-state index is 12.2. The summed E-state index contributed by atoms with van der Waals surface area (Å²) in [5.41, 5.74) is 6.44. The van der Waals surface area contributed by atoms with E-state index in [4.69, 9.17) is 15.6 Å². The Hall–Kier alpha value is -2.08. The number of hydrogen-bond donors (Lipinski definition) is 3. The third-order valence-corrected chi connectivity index (χ3v) is 3.61. The number of benzene rings is 1. The van der Waals surface area contributed by atoms with Gasteiger partial charge in [0, 0.05) is 23.7 Å². The van der Waals surface area contributed by atoms with Gasteiger partial charge in [-0.1, -0.05) is 6.07 Å². The molecule has 0 saturated heterocycles. The van der Waals surface area contributed by atoms with E-state index >= 15 is 0 Å². The number of nitrogens with one attached hydrogen (secondary N) is 1. The molecular formula is C15H20N2O4. The number of nitrogens with two attached hydrogens (primary N) is 1. The van der Waals surface area contributed by atoms with Crippen molar-refractivity contribution in [3.8, 4) is 5.75 Å². The van der Waals surface area contributed by atoms with Crippen molar-refractivity contribution in [3.63, 3.8) is 0 Å². The van der Waals surface area contributed by atoms with Gasteiger partial charge < -0.3 is 20.9 Å². The number of carbonyl (C=O) groups is 2. The van der Waals surface area contributed by atoms with E-state index in [1.165, 1.54) is 0 Å². The molecule has 1 aromatic carbocycles. The molecule has 4 N–H and O–H groups in total. The summed E-state index contributed by atoms with van der Waals surface area (Å²) in [6.45, 7) is -0.405. The molecule has 0 unspecified atom stereocenters. The largest absolute Gasteiger partial charge is 0.482 e. The minimum Gasteiger partial charge on any atom is -0.482 e. The average molecular weight is 292 g/mol. The van der Waals surface area contributed by atoms with E-state index in [-0.39, 0.29) is 17.9 Å². The molecule has 0 aromatic heterocycles. The average Bonchev–Trinajstić information content (AvgIpc) is 2.46. The monoisotopic (exact) mass is 292 g/mol. The number of aliphatic carboxylic acids is 1. The lowest BCUT2D eigenvalue weighted by atomic mass is 9.86. The van der Waals surface area contributed by atoms with Gasteiger partial charge in [0.2, 0.25) is 5.91 Å². The van der Waals surface area contributed by atoms with Gasteiger partial charge in [-0.25, -0.2) is 4.79 Å². The van der Waals surface area contributed by atoms with Crippen molar-refractivity contribution < 1.29 is 19.4 Å². The molecule has 1 aliphatic carbocycles. The zero-order chi connectivity index (χ0) is 15.2. The zero-order valence-electron chi connectivity index (χ0n) is 11.7. The van der Waals surface area contributed by atoms with E-state index in [0.29, 0.717) is 11.4 Å². The van der Waals surface area contributed by atoms with Crippen LogP contribution in [0.2, 0.25) is 0 Å². The second-order valence-corrected chi connectivity index (χ2v) is 5.31. The molecule has 0 spiro atoms. The predicted molar refractivity (Wildman–Crippen MR) is 78.1 cm³/mol. The number of ether oxygens (including phenoxy) is 1. The van der Waals surface area contributed by atoms with Crippen molar-refractivity contribution >= 4 is 17.6 Å². The summed E-state index contributed by atoms with van der Waals surface area (Å²) in [6, 6.07) is 6.94. The van der Waals surface area contributed by atoms with Crippen LogP contribution < -0.4 is 15.8 Å². The van der Waals surface area contributed by atoms with Crippen LogP contribution in [-0.2, 0) is 9.59 Å². The zero-order valence-corrected chi connectivity index (χ0v) is 11.7. The maximum Gasteiger partial charge on any atom is 0.341 e. The van der Waals surface area contributed by atoms with Gasteiger partial charge in [0.25, 0.3) is 0 Å². The summed E-state index contributed by atoms with van der Waals surface area (Å²) in [4.78, 5) is 22.6. The number of amides is 1. The molecule has 0 radical (unpaired) electrons. The quantitative estimate of drug-likeness (QED) is 0.765. The maximum absolute atomic E-state index is 12.2. The van der Waals surface area contributed by atoms with Crippen LogP contribution in [0.1, 0.15) is 25.7 Å². The molecule has 114 valence electrons. The second kappa shape index (κ2) is 7.08. The Bertz CT molecular complexity index is 510. The summed E-state index contributed by atoms with van der Waals surface area (Å²) in [6.07, 6.45) is 3.37. The Morgan fingerprint density at radius 2 is 2.00 bits per heavy atom. The Labute approximate surface area is 123 Å². The second-order valence-electron chi connectivity index (χ2n) is 5.31. The van der Waals surface area contributed by atoms with Crippen LogP contribution in [0.3, 0.4) is 0 Å². The number of hydrogen-bond acceptors (Lipinski definition) is 4. The van der Waals surface area contributed by atoms with Crippen LogP contribution in [0.5, 0.6) is 5.75 Å². The first kappa shape index (κ1) is 15.3. The Morgan fingerprint density at radius 1 is 1.29 bits per heavy atom. The third-order valence-electron chi connectivity index (χ3n) is 3.61. The Balaban J connectivity index is 1.91. The van der Waals surface area contributed by atoms with Gasteiger partial charge in [0.15, 0.2) is 6.61 Å². The van der Waals surface area contributed by atoms with Crippen LogP contribution in [-0.4, -0.2) is 29.6 Å². The van der Waals surface area contributed by atoms with Crippen LogP contribution in [0, 0.1) is 5.92 Å². The van der Waals surface area contributed by atoms with Crippen LogP contribution in [0.15, 0.2) is 24.3 Å². The minimum atomic E-state index is -1.04. The summed E-state index contributed by atoms with van der Waals surface area (Å²) in [5.74, 6) is -0.644. The lowest BCUT2D eigenvalue weighted by Crippen LogP contribution is -2.32. The Kier molecular flexibility index (Phi) is 5.16. The van der Waals surface area contributed by atoms with E-state index in [9.17, 15) is 9.59 Å². The van der Waals surface area contributed by atoms with Crippen molar-refractivity contribution in [3.05, 3.63) is 24.3 Å². The van der Waals surface area contributed by atoms with Gasteiger partial charge in [0.1, 0.15) is 5.75 Å². The highest BCUT2D eigenvalue weighted by molar-refractivity contribution is 5.92. The normalized spacial score (nSPS) is 21.6. The smallest absolute Gasteiger partial charge is 0.341 e. The molecule has 6 nitrogen and oxygen atoms in total. The fraction of sp³-hybridized carbons (Fsp3) is 0.467. The molecule has 1 saturated carbocycles. The van der Waals surface area contributed by atoms with E-state index < -0.39 is 12.6 Å². The van der Waals surface area contributed by atoms with Gasteiger partial charge in [0.05, 0.1) is 0 Å². The van der Waals surface area contributed by atoms with Crippen molar-refractivity contribution in [2.24, 2.45) is 11.7 Å². The summed E-state index contributed by atoms with van der Waals surface area (Å²) in [5, 5.41) is 11.4. The van der Waals surface area contributed by atoms with E-state index in [2.05, 4.69) is 5.32 Å². The standard InChI is InChI=1S/C15H20N2O4/c16-11-6-4-10(5-7-11)15(20)17-12-2-1-3-13(8-12)21-9-14(18)19/h1-3,8,10-11H,4-7,9,16H2,(H,17,20)(H,18,19). The fourth-order valence-corrected chi connectivity index (χ4v) is 2.43. The van der Waals surface area contributed by atoms with Gasteiger partial charge in [-0.05, 0) is 37.8 Å². The number of carbonyl (C=O) groups excluding carboxylic acids is 1. The van der Waals surface area contributed by atoms with Gasteiger partial charge in [-0.3, -0.25) is 4.79 Å². The van der Waals surface area contributed by atoms with Crippen LogP contribution in [0.25, 0.3) is 0 Å². The number of rotatable bonds is 5. The van der Waals surface area contributed by atoms with Crippen LogP contribution in [0.4, 0.5) is 5.69 Å². The highest BCUT2D eigenvalue weighted by Crippen LogP contribution is 2.25. The molecular weight excluding hydrogens is 272 g/mol. The highest BCUT2D eigenvalue weighted by atomic mass is 16.5. The predicted octanol–water partition coefficient (Wildman–Crippen LogP) is 1.61. The summed E-state index contributed by atoms with van der Waals surface area (Å²) < 4.78 is 5.08. The lowest BCUT2D eigenvalue weighted by Gasteiger charge is -2.25.